The van der Waals surface area contributed by atoms with Crippen molar-refractivity contribution in [2.75, 3.05) is 7.05 Å². The number of carboxylic acids is 1. The van der Waals surface area contributed by atoms with Crippen LogP contribution in [-0.4, -0.2) is 57.3 Å². The minimum atomic E-state index is -1.21. The van der Waals surface area contributed by atoms with Crippen molar-refractivity contribution >= 4 is 40.5 Å². The number of benzene rings is 1. The number of amides is 2. The minimum Gasteiger partial charge on any atom is -0.480 e. The number of carbonyl (C=O) groups excluding carboxylic acids is 2. The van der Waals surface area contributed by atoms with Crippen LogP contribution in [0, 0.1) is 12.3 Å². The first-order valence-electron chi connectivity index (χ1n) is 10.6. The number of fused-ring (bicyclic) bond motifs is 1. The molecule has 1 aromatic carbocycles. The van der Waals surface area contributed by atoms with Crippen molar-refractivity contribution in [3.63, 3.8) is 0 Å². The zero-order chi connectivity index (χ0) is 24.9. The van der Waals surface area contributed by atoms with Crippen molar-refractivity contribution in [2.24, 2.45) is 0 Å². The average Bonchev–Trinajstić information content (AvgIpc) is 3.03. The van der Waals surface area contributed by atoms with E-state index in [1.54, 1.807) is 52.1 Å². The predicted octanol–water partition coefficient (Wildman–Crippen LogP) is 3.69. The molecule has 2 rings (SSSR count). The van der Waals surface area contributed by atoms with Gasteiger partial charge in [-0.2, -0.15) is 0 Å². The number of likely N-dealkylation sites (N-methyl/N-ethyl adjacent to an activating group) is 1. The summed E-state index contributed by atoms with van der Waals surface area (Å²) in [6.45, 7) is 7.20. The van der Waals surface area contributed by atoms with Gasteiger partial charge in [0.2, 0.25) is 5.91 Å². The first kappa shape index (κ1) is 26.1. The Morgan fingerprint density at radius 3 is 2.55 bits per heavy atom. The molecule has 9 heteroatoms. The molecule has 0 radical (unpaired) electrons. The van der Waals surface area contributed by atoms with Crippen LogP contribution in [0.4, 0.5) is 4.79 Å². The predicted molar refractivity (Wildman–Crippen MR) is 127 cm³/mol. The molecule has 0 saturated carbocycles. The third kappa shape index (κ3) is 6.65. The van der Waals surface area contributed by atoms with Crippen LogP contribution in [0.3, 0.4) is 0 Å². The smallest absolute Gasteiger partial charge is 0.410 e. The number of aliphatic carboxylic acids is 1. The Labute approximate surface area is 198 Å². The van der Waals surface area contributed by atoms with Crippen LogP contribution < -0.4 is 5.32 Å². The van der Waals surface area contributed by atoms with Crippen molar-refractivity contribution < 1.29 is 24.2 Å². The zero-order valence-electron chi connectivity index (χ0n) is 19.5. The van der Waals surface area contributed by atoms with Gasteiger partial charge >= 0.3 is 12.1 Å². The highest BCUT2D eigenvalue weighted by Crippen LogP contribution is 2.26. The molecule has 2 amide bonds. The molecule has 0 unspecified atom stereocenters. The number of hydrogen-bond acceptors (Lipinski definition) is 4. The van der Waals surface area contributed by atoms with E-state index in [-0.39, 0.29) is 12.8 Å². The van der Waals surface area contributed by atoms with E-state index in [0.717, 1.165) is 10.9 Å². The lowest BCUT2D eigenvalue weighted by atomic mass is 10.0. The Kier molecular flexibility index (Phi) is 8.39. The summed E-state index contributed by atoms with van der Waals surface area (Å²) in [4.78, 5) is 38.5. The highest BCUT2D eigenvalue weighted by Gasteiger charge is 2.32. The Balaban J connectivity index is 2.26. The molecule has 2 atom stereocenters. The van der Waals surface area contributed by atoms with Crippen molar-refractivity contribution in [3.8, 4) is 12.3 Å². The van der Waals surface area contributed by atoms with Gasteiger partial charge in [0.25, 0.3) is 0 Å². The van der Waals surface area contributed by atoms with Crippen LogP contribution in [-0.2, 0) is 27.3 Å². The summed E-state index contributed by atoms with van der Waals surface area (Å²) in [6, 6.07) is 3.17. The Morgan fingerprint density at radius 1 is 1.33 bits per heavy atom. The summed E-state index contributed by atoms with van der Waals surface area (Å²) in [6.07, 6.45) is 6.88. The topological polar surface area (TPSA) is 101 Å². The molecular weight excluding hydrogens is 446 g/mol. The van der Waals surface area contributed by atoms with Gasteiger partial charge in [0.05, 0.1) is 12.1 Å². The molecule has 1 heterocycles. The van der Waals surface area contributed by atoms with Gasteiger partial charge in [0.1, 0.15) is 17.7 Å². The Morgan fingerprint density at radius 2 is 2.00 bits per heavy atom. The van der Waals surface area contributed by atoms with Crippen molar-refractivity contribution in [1.29, 1.82) is 0 Å². The third-order valence-electron chi connectivity index (χ3n) is 5.07. The number of terminal acetylenes is 1. The summed E-state index contributed by atoms with van der Waals surface area (Å²) in [5.41, 5.74) is 0.763. The molecular formula is C24H30ClN3O5. The maximum absolute atomic E-state index is 12.9. The maximum atomic E-state index is 12.9. The molecule has 0 aliphatic rings. The quantitative estimate of drug-likeness (QED) is 0.567. The van der Waals surface area contributed by atoms with E-state index < -0.39 is 35.7 Å². The second-order valence-electron chi connectivity index (χ2n) is 8.77. The molecule has 178 valence electrons. The molecule has 0 saturated heterocycles. The Hall–Kier alpha value is -3.18. The van der Waals surface area contributed by atoms with Crippen LogP contribution >= 0.6 is 11.6 Å². The minimum absolute atomic E-state index is 0.0311. The number of hydrogen-bond donors (Lipinski definition) is 2. The van der Waals surface area contributed by atoms with Gasteiger partial charge in [-0.1, -0.05) is 30.5 Å². The zero-order valence-corrected chi connectivity index (χ0v) is 20.3. The molecule has 2 aromatic rings. The summed E-state index contributed by atoms with van der Waals surface area (Å²) in [5, 5.41) is 13.7. The number of nitrogens with zero attached hydrogens (tertiary/aromatic N) is 2. The number of nitrogens with one attached hydrogen (secondary N) is 1. The van der Waals surface area contributed by atoms with Crippen molar-refractivity contribution in [3.05, 3.63) is 35.0 Å². The van der Waals surface area contributed by atoms with Gasteiger partial charge in [0, 0.05) is 30.1 Å². The van der Waals surface area contributed by atoms with E-state index >= 15 is 0 Å². The molecule has 0 aliphatic carbocycles. The first-order chi connectivity index (χ1) is 15.4. The molecule has 0 aliphatic heterocycles. The van der Waals surface area contributed by atoms with Gasteiger partial charge in [-0.05, 0) is 44.9 Å². The number of carbonyl (C=O) groups is 3. The monoisotopic (exact) mass is 475 g/mol. The van der Waals surface area contributed by atoms with Gasteiger partial charge in [-0.25, -0.2) is 9.59 Å². The molecule has 33 heavy (non-hydrogen) atoms. The molecule has 0 spiro atoms. The molecule has 8 nitrogen and oxygen atoms in total. The van der Waals surface area contributed by atoms with Crippen LogP contribution in [0.1, 0.15) is 39.7 Å². The lowest BCUT2D eigenvalue weighted by Gasteiger charge is -2.30. The summed E-state index contributed by atoms with van der Waals surface area (Å²) < 4.78 is 7.13. The second-order valence-corrected chi connectivity index (χ2v) is 9.20. The molecule has 0 fully saturated rings. The largest absolute Gasteiger partial charge is 0.480 e. The van der Waals surface area contributed by atoms with Crippen LogP contribution in [0.25, 0.3) is 10.9 Å². The van der Waals surface area contributed by atoms with E-state index in [4.69, 9.17) is 22.8 Å². The fourth-order valence-corrected chi connectivity index (χ4v) is 3.68. The van der Waals surface area contributed by atoms with Crippen molar-refractivity contribution in [1.82, 2.24) is 14.8 Å². The average molecular weight is 476 g/mol. The fourth-order valence-electron chi connectivity index (χ4n) is 3.52. The fraction of sp³-hybridized carbons (Fsp3) is 0.458. The SMILES string of the molecule is C#CCn1cc(C[C@H](NC(=O)[C@H](CC)N(C)C(=O)OC(C)(C)C)C(=O)O)c2ccc(Cl)cc21. The van der Waals surface area contributed by atoms with Crippen LogP contribution in [0.2, 0.25) is 5.02 Å². The lowest BCUT2D eigenvalue weighted by Crippen LogP contribution is -2.53. The number of carboxylic acid groups (broad SMARTS) is 1. The number of aromatic nitrogens is 1. The van der Waals surface area contributed by atoms with Gasteiger partial charge < -0.3 is 19.7 Å². The standard InChI is InChI=1S/C24H30ClN3O5/c1-7-11-28-14-15(17-10-9-16(25)13-20(17)28)12-18(22(30)31)26-21(29)19(8-2)27(6)23(32)33-24(3,4)5/h1,9-10,13-14,18-19H,8,11-12H2,2-6H3,(H,26,29)(H,30,31)/t18-,19-/m0/s1. The number of halogens is 1. The van der Waals surface area contributed by atoms with Gasteiger partial charge in [-0.15, -0.1) is 6.42 Å². The van der Waals surface area contributed by atoms with E-state index in [1.807, 2.05) is 4.57 Å². The summed E-state index contributed by atoms with van der Waals surface area (Å²) >= 11 is 6.11. The van der Waals surface area contributed by atoms with E-state index in [0.29, 0.717) is 17.1 Å². The normalized spacial score (nSPS) is 13.1. The highest BCUT2D eigenvalue weighted by molar-refractivity contribution is 6.31. The molecule has 0 bridgehead atoms. The number of ether oxygens (including phenoxy) is 1. The maximum Gasteiger partial charge on any atom is 0.410 e. The molecule has 1 aromatic heterocycles. The number of rotatable bonds is 8. The Bertz CT molecular complexity index is 1080. The third-order valence-corrected chi connectivity index (χ3v) is 5.30. The molecule has 2 N–H and O–H groups in total. The second kappa shape index (κ2) is 10.6. The van der Waals surface area contributed by atoms with Gasteiger partial charge in [-0.3, -0.25) is 9.69 Å². The summed E-state index contributed by atoms with van der Waals surface area (Å²) in [7, 11) is 1.45. The van der Waals surface area contributed by atoms with Gasteiger partial charge in [0.15, 0.2) is 0 Å². The van der Waals surface area contributed by atoms with Crippen molar-refractivity contribution in [2.45, 2.75) is 64.8 Å². The first-order valence-corrected chi connectivity index (χ1v) is 11.0. The van der Waals surface area contributed by atoms with Crippen LogP contribution in [0.5, 0.6) is 0 Å². The van der Waals surface area contributed by atoms with E-state index in [9.17, 15) is 19.5 Å². The van der Waals surface area contributed by atoms with E-state index in [1.165, 1.54) is 11.9 Å². The van der Waals surface area contributed by atoms with E-state index in [2.05, 4.69) is 11.2 Å². The van der Waals surface area contributed by atoms with Crippen LogP contribution in [0.15, 0.2) is 24.4 Å². The lowest BCUT2D eigenvalue weighted by molar-refractivity contribution is -0.142. The summed E-state index contributed by atoms with van der Waals surface area (Å²) in [5.74, 6) is 0.798. The highest BCUT2D eigenvalue weighted by atomic mass is 35.5.